The second-order valence-corrected chi connectivity index (χ2v) is 4.57. The van der Waals surface area contributed by atoms with Crippen molar-refractivity contribution in [3.8, 4) is 0 Å². The van der Waals surface area contributed by atoms with Gasteiger partial charge in [-0.05, 0) is 25.2 Å². The van der Waals surface area contributed by atoms with Crippen molar-refractivity contribution in [2.45, 2.75) is 33.6 Å². The zero-order valence-electron chi connectivity index (χ0n) is 8.68. The number of rotatable bonds is 2. The molecule has 0 bridgehead atoms. The van der Waals surface area contributed by atoms with Gasteiger partial charge in [-0.15, -0.1) is 0 Å². The Morgan fingerprint density at radius 3 is 2.75 bits per heavy atom. The monoisotopic (exact) mass is 168 g/mol. The Bertz CT molecular complexity index is 179. The molecule has 0 fully saturated rings. The highest BCUT2D eigenvalue weighted by Crippen LogP contribution is 2.36. The number of methoxy groups -OCH3 is 1. The van der Waals surface area contributed by atoms with E-state index in [4.69, 9.17) is 4.74 Å². The van der Waals surface area contributed by atoms with Crippen molar-refractivity contribution in [1.29, 1.82) is 0 Å². The van der Waals surface area contributed by atoms with Crippen molar-refractivity contribution < 1.29 is 4.74 Å². The molecule has 0 aromatic rings. The number of allylic oxidation sites excluding steroid dienone is 1. The third-order valence-electron chi connectivity index (χ3n) is 2.77. The molecule has 0 radical (unpaired) electrons. The van der Waals surface area contributed by atoms with Crippen LogP contribution in [0.2, 0.25) is 0 Å². The van der Waals surface area contributed by atoms with Crippen LogP contribution in [0.25, 0.3) is 0 Å². The van der Waals surface area contributed by atoms with Gasteiger partial charge in [0.1, 0.15) is 0 Å². The van der Waals surface area contributed by atoms with Gasteiger partial charge in [0, 0.05) is 13.0 Å². The average molecular weight is 168 g/mol. The highest BCUT2D eigenvalue weighted by atomic mass is 16.5. The zero-order chi connectivity index (χ0) is 9.19. The maximum Gasteiger partial charge on any atom is 0.0527 e. The van der Waals surface area contributed by atoms with Gasteiger partial charge in [-0.3, -0.25) is 0 Å². The molecule has 0 saturated heterocycles. The maximum absolute atomic E-state index is 5.18. The van der Waals surface area contributed by atoms with Gasteiger partial charge in [-0.25, -0.2) is 0 Å². The normalized spacial score (nSPS) is 28.3. The zero-order valence-corrected chi connectivity index (χ0v) is 8.68. The minimum Gasteiger partial charge on any atom is -0.384 e. The molecule has 1 heteroatoms. The quantitative estimate of drug-likeness (QED) is 0.576. The molecule has 1 nitrogen and oxygen atoms in total. The Kier molecular flexibility index (Phi) is 2.94. The molecule has 1 rings (SSSR count). The molecule has 0 aliphatic heterocycles. The van der Waals surface area contributed by atoms with Crippen molar-refractivity contribution in [1.82, 2.24) is 0 Å². The minimum absolute atomic E-state index is 0.411. The molecule has 70 valence electrons. The fraction of sp³-hybridized carbons (Fsp3) is 0.818. The highest BCUT2D eigenvalue weighted by Gasteiger charge is 2.24. The van der Waals surface area contributed by atoms with Crippen LogP contribution < -0.4 is 0 Å². The van der Waals surface area contributed by atoms with Crippen molar-refractivity contribution in [3.63, 3.8) is 0 Å². The van der Waals surface area contributed by atoms with Crippen LogP contribution in [0.4, 0.5) is 0 Å². The summed E-state index contributed by atoms with van der Waals surface area (Å²) in [5.74, 6) is 0.669. The van der Waals surface area contributed by atoms with Gasteiger partial charge in [-0.2, -0.15) is 0 Å². The molecular formula is C11H20O. The molecule has 0 N–H and O–H groups in total. The van der Waals surface area contributed by atoms with E-state index in [1.807, 2.05) is 0 Å². The largest absolute Gasteiger partial charge is 0.384 e. The lowest BCUT2D eigenvalue weighted by Crippen LogP contribution is -2.21. The SMILES string of the molecule is COCC1CCC(C)(C)C=C1C. The number of hydrogen-bond acceptors (Lipinski definition) is 1. The lowest BCUT2D eigenvalue weighted by molar-refractivity contribution is 0.150. The Hall–Kier alpha value is -0.300. The summed E-state index contributed by atoms with van der Waals surface area (Å²) in [5, 5.41) is 0. The Balaban J connectivity index is 2.63. The molecule has 0 heterocycles. The van der Waals surface area contributed by atoms with Crippen LogP contribution in [0, 0.1) is 11.3 Å². The smallest absolute Gasteiger partial charge is 0.0527 e. The predicted molar refractivity (Wildman–Crippen MR) is 52.1 cm³/mol. The van der Waals surface area contributed by atoms with E-state index in [1.165, 1.54) is 18.4 Å². The fourth-order valence-corrected chi connectivity index (χ4v) is 2.00. The second-order valence-electron chi connectivity index (χ2n) is 4.57. The molecular weight excluding hydrogens is 148 g/mol. The van der Waals surface area contributed by atoms with Crippen LogP contribution >= 0.6 is 0 Å². The first-order valence-corrected chi connectivity index (χ1v) is 4.73. The third-order valence-corrected chi connectivity index (χ3v) is 2.77. The van der Waals surface area contributed by atoms with E-state index in [2.05, 4.69) is 26.8 Å². The van der Waals surface area contributed by atoms with E-state index in [9.17, 15) is 0 Å². The second kappa shape index (κ2) is 3.61. The first-order valence-electron chi connectivity index (χ1n) is 4.73. The van der Waals surface area contributed by atoms with E-state index in [1.54, 1.807) is 7.11 Å². The molecule has 1 unspecified atom stereocenters. The van der Waals surface area contributed by atoms with E-state index < -0.39 is 0 Å². The molecule has 1 aliphatic carbocycles. The van der Waals surface area contributed by atoms with Crippen LogP contribution in [0.5, 0.6) is 0 Å². The predicted octanol–water partition coefficient (Wildman–Crippen LogP) is 3.02. The summed E-state index contributed by atoms with van der Waals surface area (Å²) in [6.45, 7) is 7.72. The molecule has 1 aliphatic rings. The molecule has 0 amide bonds. The summed E-state index contributed by atoms with van der Waals surface area (Å²) in [5.41, 5.74) is 1.92. The van der Waals surface area contributed by atoms with Crippen LogP contribution in [0.3, 0.4) is 0 Å². The van der Waals surface area contributed by atoms with Gasteiger partial charge < -0.3 is 4.74 Å². The lowest BCUT2D eigenvalue weighted by Gasteiger charge is -2.31. The Morgan fingerprint density at radius 2 is 2.25 bits per heavy atom. The Morgan fingerprint density at radius 1 is 1.58 bits per heavy atom. The number of ether oxygens (including phenoxy) is 1. The Labute approximate surface area is 75.8 Å². The van der Waals surface area contributed by atoms with Gasteiger partial charge >= 0.3 is 0 Å². The van der Waals surface area contributed by atoms with Crippen LogP contribution in [0.1, 0.15) is 33.6 Å². The van der Waals surface area contributed by atoms with Crippen molar-refractivity contribution in [2.24, 2.45) is 11.3 Å². The summed E-state index contributed by atoms with van der Waals surface area (Å²) in [7, 11) is 1.78. The van der Waals surface area contributed by atoms with Crippen molar-refractivity contribution in [2.75, 3.05) is 13.7 Å². The summed E-state index contributed by atoms with van der Waals surface area (Å²) >= 11 is 0. The van der Waals surface area contributed by atoms with Gasteiger partial charge in [0.2, 0.25) is 0 Å². The van der Waals surface area contributed by atoms with E-state index in [0.29, 0.717) is 11.3 Å². The number of hydrogen-bond donors (Lipinski definition) is 0. The van der Waals surface area contributed by atoms with Crippen LogP contribution in [-0.4, -0.2) is 13.7 Å². The first kappa shape index (κ1) is 9.79. The topological polar surface area (TPSA) is 9.23 Å². The summed E-state index contributed by atoms with van der Waals surface area (Å²) in [6, 6.07) is 0. The third kappa shape index (κ3) is 2.34. The van der Waals surface area contributed by atoms with E-state index >= 15 is 0 Å². The summed E-state index contributed by atoms with van der Waals surface area (Å²) < 4.78 is 5.18. The van der Waals surface area contributed by atoms with Crippen LogP contribution in [-0.2, 0) is 4.74 Å². The highest BCUT2D eigenvalue weighted by molar-refractivity contribution is 5.12. The van der Waals surface area contributed by atoms with Gasteiger partial charge in [0.05, 0.1) is 6.61 Å². The maximum atomic E-state index is 5.18. The van der Waals surface area contributed by atoms with Gasteiger partial charge in [-0.1, -0.05) is 25.5 Å². The molecule has 0 aromatic heterocycles. The summed E-state index contributed by atoms with van der Waals surface area (Å²) in [6.07, 6.45) is 4.97. The molecule has 12 heavy (non-hydrogen) atoms. The summed E-state index contributed by atoms with van der Waals surface area (Å²) in [4.78, 5) is 0. The first-order chi connectivity index (χ1) is 5.55. The van der Waals surface area contributed by atoms with Crippen LogP contribution in [0.15, 0.2) is 11.6 Å². The van der Waals surface area contributed by atoms with Crippen molar-refractivity contribution >= 4 is 0 Å². The van der Waals surface area contributed by atoms with Gasteiger partial charge in [0.25, 0.3) is 0 Å². The minimum atomic E-state index is 0.411. The fourth-order valence-electron chi connectivity index (χ4n) is 2.00. The molecule has 1 atom stereocenters. The van der Waals surface area contributed by atoms with Gasteiger partial charge in [0.15, 0.2) is 0 Å². The van der Waals surface area contributed by atoms with Crippen molar-refractivity contribution in [3.05, 3.63) is 11.6 Å². The standard InChI is InChI=1S/C11H20O/c1-9-7-11(2,3)6-5-10(9)8-12-4/h7,10H,5-6,8H2,1-4H3. The lowest BCUT2D eigenvalue weighted by atomic mass is 9.75. The molecule has 0 spiro atoms. The molecule has 0 saturated carbocycles. The average Bonchev–Trinajstić information content (AvgIpc) is 1.94. The van der Waals surface area contributed by atoms with E-state index in [0.717, 1.165) is 6.61 Å². The van der Waals surface area contributed by atoms with E-state index in [-0.39, 0.29) is 0 Å². The molecule has 0 aromatic carbocycles.